The molecule has 0 radical (unpaired) electrons. The van der Waals surface area contributed by atoms with Gasteiger partial charge in [0.1, 0.15) is 22.0 Å². The fourth-order valence-electron chi connectivity index (χ4n) is 2.33. The van der Waals surface area contributed by atoms with E-state index in [-0.39, 0.29) is 17.1 Å². The number of hydrogen-bond acceptors (Lipinski definition) is 8. The van der Waals surface area contributed by atoms with Crippen LogP contribution in [0.2, 0.25) is 5.02 Å². The molecule has 34 heavy (non-hydrogen) atoms. The van der Waals surface area contributed by atoms with Gasteiger partial charge in [0.25, 0.3) is 11.8 Å². The van der Waals surface area contributed by atoms with Crippen LogP contribution in [0.5, 0.6) is 0 Å². The molecule has 0 aliphatic rings. The Labute approximate surface area is 205 Å². The second-order valence-corrected chi connectivity index (χ2v) is 8.98. The quantitative estimate of drug-likeness (QED) is 0.383. The van der Waals surface area contributed by atoms with Gasteiger partial charge in [-0.2, -0.15) is 0 Å². The number of nitrogens with one attached hydrogen (secondary N) is 3. The number of amides is 3. The Kier molecular flexibility index (Phi) is 8.55. The molecular formula is C22H23ClN4O6S. The Hall–Kier alpha value is -3.70. The number of anilines is 1. The molecule has 2 aromatic rings. The number of nitrogens with zero attached hydrogens (tertiary/aromatic N) is 1. The zero-order valence-electron chi connectivity index (χ0n) is 18.9. The first-order chi connectivity index (χ1) is 15.8. The van der Waals surface area contributed by atoms with Crippen LogP contribution in [0, 0.1) is 0 Å². The zero-order chi connectivity index (χ0) is 25.6. The largest absolute Gasteiger partial charge is 0.464 e. The number of methoxy groups -OCH3 is 1. The standard InChI is InChI=1S/C22H23ClN4O6S/c1-11(17(28)25-12(2)20(30)32-6)24-18(29)16-10-34-19(27-16)14-8-7-13(9-15(14)23)26-21(31)33-22(3,4)5/h7-10H,1-2H2,3-6H3,(H,24,29)(H,25,28)(H,26,31). The van der Waals surface area contributed by atoms with Crippen molar-refractivity contribution < 1.29 is 28.7 Å². The van der Waals surface area contributed by atoms with Gasteiger partial charge >= 0.3 is 12.1 Å². The van der Waals surface area contributed by atoms with Crippen LogP contribution in [0.15, 0.2) is 48.1 Å². The summed E-state index contributed by atoms with van der Waals surface area (Å²) in [5, 5.41) is 9.26. The van der Waals surface area contributed by atoms with Crippen molar-refractivity contribution in [3.05, 3.63) is 58.8 Å². The molecule has 0 spiro atoms. The molecule has 12 heteroatoms. The average molecular weight is 507 g/mol. The summed E-state index contributed by atoms with van der Waals surface area (Å²) in [5.74, 6) is -2.36. The third-order valence-electron chi connectivity index (χ3n) is 3.82. The number of carbonyl (C=O) groups is 4. The molecule has 0 fully saturated rings. The number of hydrogen-bond donors (Lipinski definition) is 3. The summed E-state index contributed by atoms with van der Waals surface area (Å²) in [4.78, 5) is 51.9. The highest BCUT2D eigenvalue weighted by Gasteiger charge is 2.20. The lowest BCUT2D eigenvalue weighted by atomic mass is 10.2. The Balaban J connectivity index is 2.05. The summed E-state index contributed by atoms with van der Waals surface area (Å²) >= 11 is 7.49. The van der Waals surface area contributed by atoms with Crippen molar-refractivity contribution in [2.24, 2.45) is 0 Å². The summed E-state index contributed by atoms with van der Waals surface area (Å²) in [6, 6.07) is 4.79. The third kappa shape index (κ3) is 7.42. The Morgan fingerprint density at radius 1 is 1.09 bits per heavy atom. The minimum atomic E-state index is -0.838. The first kappa shape index (κ1) is 26.6. The van der Waals surface area contributed by atoms with Gasteiger partial charge in [-0.25, -0.2) is 14.6 Å². The summed E-state index contributed by atoms with van der Waals surface area (Å²) in [7, 11) is 1.13. The third-order valence-corrected chi connectivity index (χ3v) is 5.00. The normalized spacial score (nSPS) is 10.6. The van der Waals surface area contributed by atoms with E-state index in [9.17, 15) is 19.2 Å². The lowest BCUT2D eigenvalue weighted by Gasteiger charge is -2.19. The number of esters is 1. The molecular weight excluding hydrogens is 484 g/mol. The summed E-state index contributed by atoms with van der Waals surface area (Å²) in [6.07, 6.45) is -0.621. The highest BCUT2D eigenvalue weighted by Crippen LogP contribution is 2.32. The van der Waals surface area contributed by atoms with Crippen molar-refractivity contribution in [2.45, 2.75) is 26.4 Å². The molecule has 0 atom stereocenters. The van der Waals surface area contributed by atoms with Gasteiger partial charge in [0, 0.05) is 16.6 Å². The Morgan fingerprint density at radius 3 is 2.35 bits per heavy atom. The van der Waals surface area contributed by atoms with Crippen LogP contribution in [-0.4, -0.2) is 41.6 Å². The maximum Gasteiger partial charge on any atom is 0.412 e. The fraction of sp³-hybridized carbons (Fsp3) is 0.227. The number of benzene rings is 1. The topological polar surface area (TPSA) is 136 Å². The van der Waals surface area contributed by atoms with E-state index in [0.29, 0.717) is 21.3 Å². The SMILES string of the molecule is C=C(NC(=O)c1csc(-c2ccc(NC(=O)OC(C)(C)C)cc2Cl)n1)C(=O)NC(=C)C(=O)OC. The minimum Gasteiger partial charge on any atom is -0.464 e. The van der Waals surface area contributed by atoms with E-state index in [2.05, 4.69) is 38.8 Å². The molecule has 1 aromatic heterocycles. The molecule has 180 valence electrons. The molecule has 0 unspecified atom stereocenters. The average Bonchev–Trinajstić information content (AvgIpc) is 3.21. The number of aromatic nitrogens is 1. The number of halogens is 1. The molecule has 10 nitrogen and oxygen atoms in total. The van der Waals surface area contributed by atoms with E-state index in [1.54, 1.807) is 32.9 Å². The van der Waals surface area contributed by atoms with Crippen LogP contribution in [0.25, 0.3) is 10.6 Å². The predicted molar refractivity (Wildman–Crippen MR) is 128 cm³/mol. The number of carbonyl (C=O) groups excluding carboxylic acids is 4. The van der Waals surface area contributed by atoms with E-state index in [4.69, 9.17) is 16.3 Å². The van der Waals surface area contributed by atoms with Gasteiger partial charge in [-0.1, -0.05) is 24.8 Å². The van der Waals surface area contributed by atoms with Crippen molar-refractivity contribution in [1.29, 1.82) is 0 Å². The van der Waals surface area contributed by atoms with Gasteiger partial charge in [-0.3, -0.25) is 14.9 Å². The van der Waals surface area contributed by atoms with Crippen LogP contribution in [0.4, 0.5) is 10.5 Å². The van der Waals surface area contributed by atoms with E-state index < -0.39 is 29.5 Å². The Morgan fingerprint density at radius 2 is 1.76 bits per heavy atom. The second-order valence-electron chi connectivity index (χ2n) is 7.72. The maximum absolute atomic E-state index is 12.4. The highest BCUT2D eigenvalue weighted by molar-refractivity contribution is 7.13. The van der Waals surface area contributed by atoms with E-state index >= 15 is 0 Å². The highest BCUT2D eigenvalue weighted by atomic mass is 35.5. The molecule has 0 saturated heterocycles. The first-order valence-corrected chi connectivity index (χ1v) is 10.9. The van der Waals surface area contributed by atoms with Crippen LogP contribution in [0.1, 0.15) is 31.3 Å². The van der Waals surface area contributed by atoms with Crippen molar-refractivity contribution in [2.75, 3.05) is 12.4 Å². The van der Waals surface area contributed by atoms with Crippen LogP contribution in [0.3, 0.4) is 0 Å². The van der Waals surface area contributed by atoms with Crippen LogP contribution < -0.4 is 16.0 Å². The summed E-state index contributed by atoms with van der Waals surface area (Å²) in [5.41, 5.74) is -0.293. The summed E-state index contributed by atoms with van der Waals surface area (Å²) < 4.78 is 9.63. The van der Waals surface area contributed by atoms with Crippen LogP contribution >= 0.6 is 22.9 Å². The van der Waals surface area contributed by atoms with Gasteiger partial charge in [0.05, 0.1) is 17.8 Å². The molecule has 0 aliphatic heterocycles. The molecule has 1 heterocycles. The second kappa shape index (κ2) is 10.9. The van der Waals surface area contributed by atoms with Gasteiger partial charge < -0.3 is 20.1 Å². The molecule has 2 rings (SSSR count). The number of rotatable bonds is 7. The zero-order valence-corrected chi connectivity index (χ0v) is 20.5. The van der Waals surface area contributed by atoms with Crippen molar-refractivity contribution in [3.8, 4) is 10.6 Å². The molecule has 3 N–H and O–H groups in total. The number of thiazole rings is 1. The lowest BCUT2D eigenvalue weighted by Crippen LogP contribution is -2.35. The molecule has 0 bridgehead atoms. The number of ether oxygens (including phenoxy) is 2. The van der Waals surface area contributed by atoms with E-state index in [1.807, 2.05) is 0 Å². The first-order valence-electron chi connectivity index (χ1n) is 9.65. The van der Waals surface area contributed by atoms with Gasteiger partial charge in [-0.15, -0.1) is 11.3 Å². The van der Waals surface area contributed by atoms with Gasteiger partial charge in [0.15, 0.2) is 0 Å². The monoisotopic (exact) mass is 506 g/mol. The molecule has 0 saturated carbocycles. The fourth-order valence-corrected chi connectivity index (χ4v) is 3.50. The predicted octanol–water partition coefficient (Wildman–Crippen LogP) is 3.86. The van der Waals surface area contributed by atoms with Gasteiger partial charge in [-0.05, 0) is 39.0 Å². The maximum atomic E-state index is 12.4. The van der Waals surface area contributed by atoms with Crippen molar-refractivity contribution >= 4 is 52.5 Å². The smallest absolute Gasteiger partial charge is 0.412 e. The lowest BCUT2D eigenvalue weighted by molar-refractivity contribution is -0.137. The van der Waals surface area contributed by atoms with E-state index in [0.717, 1.165) is 18.4 Å². The van der Waals surface area contributed by atoms with Gasteiger partial charge in [0.2, 0.25) is 0 Å². The van der Waals surface area contributed by atoms with Crippen molar-refractivity contribution in [3.63, 3.8) is 0 Å². The minimum absolute atomic E-state index is 0.0211. The molecule has 0 aliphatic carbocycles. The molecule has 1 aromatic carbocycles. The Bertz CT molecular complexity index is 1170. The summed E-state index contributed by atoms with van der Waals surface area (Å²) in [6.45, 7) is 12.1. The van der Waals surface area contributed by atoms with E-state index in [1.165, 1.54) is 11.4 Å². The van der Waals surface area contributed by atoms with Crippen LogP contribution in [-0.2, 0) is 19.1 Å². The van der Waals surface area contributed by atoms with Crippen molar-refractivity contribution in [1.82, 2.24) is 15.6 Å². The molecule has 3 amide bonds.